The maximum absolute atomic E-state index is 11.4. The molecular formula is C13H22O4. The number of aliphatic hydroxyl groups is 2. The van der Waals surface area contributed by atoms with Crippen LogP contribution < -0.4 is 0 Å². The molecule has 0 aliphatic carbocycles. The fourth-order valence-corrected chi connectivity index (χ4v) is 1.05. The SMILES string of the molecule is CC(C)(C)C(=O)OCCCC(O)CC#CCO. The molecule has 0 aliphatic rings. The molecule has 0 rings (SSSR count). The van der Waals surface area contributed by atoms with Gasteiger partial charge in [-0.15, -0.1) is 0 Å². The van der Waals surface area contributed by atoms with E-state index in [1.165, 1.54) is 0 Å². The van der Waals surface area contributed by atoms with Crippen molar-refractivity contribution in [2.75, 3.05) is 13.2 Å². The number of carbonyl (C=O) groups is 1. The molecule has 0 saturated carbocycles. The average molecular weight is 242 g/mol. The second-order valence-corrected chi connectivity index (χ2v) is 4.90. The van der Waals surface area contributed by atoms with Gasteiger partial charge in [0, 0.05) is 6.42 Å². The van der Waals surface area contributed by atoms with Gasteiger partial charge in [-0.25, -0.2) is 0 Å². The molecule has 4 nitrogen and oxygen atoms in total. The topological polar surface area (TPSA) is 66.8 Å². The first-order valence-electron chi connectivity index (χ1n) is 5.79. The van der Waals surface area contributed by atoms with Crippen LogP contribution in [0.2, 0.25) is 0 Å². The van der Waals surface area contributed by atoms with Crippen molar-refractivity contribution in [2.45, 2.75) is 46.1 Å². The summed E-state index contributed by atoms with van der Waals surface area (Å²) in [6.07, 6.45) is 0.970. The molecule has 0 radical (unpaired) electrons. The van der Waals surface area contributed by atoms with Crippen molar-refractivity contribution in [1.29, 1.82) is 0 Å². The normalized spacial score (nSPS) is 12.5. The molecule has 4 heteroatoms. The maximum atomic E-state index is 11.4. The number of hydrogen-bond donors (Lipinski definition) is 2. The molecule has 0 spiro atoms. The number of ether oxygens (including phenoxy) is 1. The van der Waals surface area contributed by atoms with Crippen LogP contribution in [0.5, 0.6) is 0 Å². The Balaban J connectivity index is 3.61. The van der Waals surface area contributed by atoms with Crippen LogP contribution in [-0.4, -0.2) is 35.5 Å². The highest BCUT2D eigenvalue weighted by molar-refractivity contribution is 5.75. The van der Waals surface area contributed by atoms with Crippen LogP contribution in [-0.2, 0) is 9.53 Å². The summed E-state index contributed by atoms with van der Waals surface area (Å²) in [5, 5.41) is 17.9. The van der Waals surface area contributed by atoms with E-state index in [0.29, 0.717) is 25.9 Å². The number of hydrogen-bond acceptors (Lipinski definition) is 4. The van der Waals surface area contributed by atoms with Crippen molar-refractivity contribution in [3.05, 3.63) is 0 Å². The van der Waals surface area contributed by atoms with E-state index >= 15 is 0 Å². The summed E-state index contributed by atoms with van der Waals surface area (Å²) in [6.45, 7) is 5.54. The molecule has 0 aromatic rings. The van der Waals surface area contributed by atoms with Crippen molar-refractivity contribution in [2.24, 2.45) is 5.41 Å². The molecule has 0 aliphatic heterocycles. The van der Waals surface area contributed by atoms with Gasteiger partial charge in [-0.05, 0) is 33.6 Å². The van der Waals surface area contributed by atoms with Crippen LogP contribution in [0.4, 0.5) is 0 Å². The van der Waals surface area contributed by atoms with Crippen molar-refractivity contribution in [3.8, 4) is 11.8 Å². The molecule has 17 heavy (non-hydrogen) atoms. The van der Waals surface area contributed by atoms with E-state index < -0.39 is 11.5 Å². The summed E-state index contributed by atoms with van der Waals surface area (Å²) in [5.74, 6) is 4.89. The van der Waals surface area contributed by atoms with Crippen molar-refractivity contribution in [1.82, 2.24) is 0 Å². The minimum atomic E-state index is -0.526. The fraction of sp³-hybridized carbons (Fsp3) is 0.769. The first-order valence-corrected chi connectivity index (χ1v) is 5.79. The first-order chi connectivity index (χ1) is 7.88. The van der Waals surface area contributed by atoms with Gasteiger partial charge in [0.15, 0.2) is 0 Å². The highest BCUT2D eigenvalue weighted by Crippen LogP contribution is 2.15. The van der Waals surface area contributed by atoms with Crippen LogP contribution in [0.25, 0.3) is 0 Å². The average Bonchev–Trinajstić information content (AvgIpc) is 2.23. The highest BCUT2D eigenvalue weighted by Gasteiger charge is 2.22. The number of esters is 1. The van der Waals surface area contributed by atoms with Gasteiger partial charge in [0.05, 0.1) is 18.1 Å². The van der Waals surface area contributed by atoms with Crippen LogP contribution in [0.1, 0.15) is 40.0 Å². The van der Waals surface area contributed by atoms with Gasteiger partial charge < -0.3 is 14.9 Å². The molecule has 1 unspecified atom stereocenters. The third-order valence-corrected chi connectivity index (χ3v) is 2.07. The number of rotatable bonds is 5. The Hall–Kier alpha value is -1.05. The molecule has 1 atom stereocenters. The second kappa shape index (κ2) is 8.10. The lowest BCUT2D eigenvalue weighted by Crippen LogP contribution is -2.23. The molecule has 0 bridgehead atoms. The third kappa shape index (κ3) is 8.73. The molecule has 0 amide bonds. The van der Waals surface area contributed by atoms with E-state index in [9.17, 15) is 9.90 Å². The maximum Gasteiger partial charge on any atom is 0.311 e. The van der Waals surface area contributed by atoms with Crippen LogP contribution in [0, 0.1) is 17.3 Å². The van der Waals surface area contributed by atoms with E-state index in [1.807, 2.05) is 0 Å². The lowest BCUT2D eigenvalue weighted by molar-refractivity contribution is -0.153. The summed E-state index contributed by atoms with van der Waals surface area (Å²) in [5.41, 5.74) is -0.481. The Morgan fingerprint density at radius 1 is 1.35 bits per heavy atom. The highest BCUT2D eigenvalue weighted by atomic mass is 16.5. The van der Waals surface area contributed by atoms with Gasteiger partial charge in [-0.1, -0.05) is 11.8 Å². The lowest BCUT2D eigenvalue weighted by atomic mass is 9.97. The monoisotopic (exact) mass is 242 g/mol. The first kappa shape index (κ1) is 16.0. The number of aliphatic hydroxyl groups excluding tert-OH is 2. The van der Waals surface area contributed by atoms with E-state index in [1.54, 1.807) is 20.8 Å². The van der Waals surface area contributed by atoms with Gasteiger partial charge in [0.2, 0.25) is 0 Å². The van der Waals surface area contributed by atoms with E-state index in [0.717, 1.165) is 0 Å². The molecule has 0 aromatic carbocycles. The molecule has 98 valence electrons. The van der Waals surface area contributed by atoms with E-state index in [4.69, 9.17) is 9.84 Å². The minimum absolute atomic E-state index is 0.185. The Morgan fingerprint density at radius 3 is 2.53 bits per heavy atom. The van der Waals surface area contributed by atoms with Crippen molar-refractivity contribution in [3.63, 3.8) is 0 Å². The molecule has 0 saturated heterocycles. The van der Waals surface area contributed by atoms with Gasteiger partial charge in [-0.2, -0.15) is 0 Å². The van der Waals surface area contributed by atoms with E-state index in [-0.39, 0.29) is 12.6 Å². The molecule has 0 aromatic heterocycles. The summed E-state index contributed by atoms with van der Waals surface area (Å²) >= 11 is 0. The zero-order valence-corrected chi connectivity index (χ0v) is 10.8. The van der Waals surface area contributed by atoms with Gasteiger partial charge in [0.1, 0.15) is 6.61 Å². The summed E-state index contributed by atoms with van der Waals surface area (Å²) in [7, 11) is 0. The van der Waals surface area contributed by atoms with Gasteiger partial charge in [-0.3, -0.25) is 4.79 Å². The van der Waals surface area contributed by atoms with Crippen LogP contribution in [0.3, 0.4) is 0 Å². The Kier molecular flexibility index (Phi) is 7.60. The third-order valence-electron chi connectivity index (χ3n) is 2.07. The Morgan fingerprint density at radius 2 is 2.00 bits per heavy atom. The fourth-order valence-electron chi connectivity index (χ4n) is 1.05. The van der Waals surface area contributed by atoms with E-state index in [2.05, 4.69) is 11.8 Å². The summed E-state index contributed by atoms with van der Waals surface area (Å²) in [4.78, 5) is 11.4. The minimum Gasteiger partial charge on any atom is -0.465 e. The number of carbonyl (C=O) groups excluding carboxylic acids is 1. The lowest BCUT2D eigenvalue weighted by Gasteiger charge is -2.16. The standard InChI is InChI=1S/C13H22O4/c1-13(2,3)12(16)17-10-6-8-11(15)7-4-5-9-14/h11,14-15H,6-10H2,1-3H3. The Bertz CT molecular complexity index is 280. The van der Waals surface area contributed by atoms with Crippen LogP contribution in [0.15, 0.2) is 0 Å². The Labute approximate surface area is 103 Å². The molecule has 2 N–H and O–H groups in total. The van der Waals surface area contributed by atoms with Gasteiger partial charge in [0.25, 0.3) is 0 Å². The largest absolute Gasteiger partial charge is 0.465 e. The quantitative estimate of drug-likeness (QED) is 0.430. The summed E-state index contributed by atoms with van der Waals surface area (Å²) in [6, 6.07) is 0. The predicted molar refractivity (Wildman–Crippen MR) is 65.1 cm³/mol. The smallest absolute Gasteiger partial charge is 0.311 e. The zero-order valence-electron chi connectivity index (χ0n) is 10.8. The molecular weight excluding hydrogens is 220 g/mol. The molecule has 0 heterocycles. The van der Waals surface area contributed by atoms with Gasteiger partial charge >= 0.3 is 5.97 Å². The summed E-state index contributed by atoms with van der Waals surface area (Å²) < 4.78 is 5.06. The molecule has 0 fully saturated rings. The van der Waals surface area contributed by atoms with Crippen LogP contribution >= 0.6 is 0 Å². The van der Waals surface area contributed by atoms with Crippen molar-refractivity contribution < 1.29 is 19.7 Å². The second-order valence-electron chi connectivity index (χ2n) is 4.90. The van der Waals surface area contributed by atoms with Crippen molar-refractivity contribution >= 4 is 5.97 Å². The zero-order chi connectivity index (χ0) is 13.3. The predicted octanol–water partition coefficient (Wildman–Crippen LogP) is 1.10.